The van der Waals surface area contributed by atoms with Gasteiger partial charge in [-0.2, -0.15) is 0 Å². The number of hydrogen-bond donors (Lipinski definition) is 3. The van der Waals surface area contributed by atoms with Crippen LogP contribution in [0.25, 0.3) is 0 Å². The number of ether oxygens (including phenoxy) is 1. The molecule has 0 aliphatic rings. The molecule has 0 fully saturated rings. The largest absolute Gasteiger partial charge is 0.466 e. The minimum Gasteiger partial charge on any atom is -0.466 e. The third-order valence-corrected chi connectivity index (χ3v) is 12.9. The van der Waals surface area contributed by atoms with E-state index in [1.807, 2.05) is 6.08 Å². The average Bonchev–Trinajstić information content (AvgIpc) is 3.31. The van der Waals surface area contributed by atoms with Gasteiger partial charge in [-0.15, -0.1) is 0 Å². The zero-order valence-corrected chi connectivity index (χ0v) is 43.2. The molecule has 0 saturated carbocycles. The van der Waals surface area contributed by atoms with Crippen LogP contribution in [0.1, 0.15) is 290 Å². The highest BCUT2D eigenvalue weighted by Crippen LogP contribution is 2.16. The lowest BCUT2D eigenvalue weighted by Crippen LogP contribution is -2.45. The molecule has 0 saturated heterocycles. The number of nitrogens with one attached hydrogen (secondary N) is 1. The molecule has 2 atom stereocenters. The van der Waals surface area contributed by atoms with Gasteiger partial charge < -0.3 is 20.3 Å². The summed E-state index contributed by atoms with van der Waals surface area (Å²) in [5.41, 5.74) is 0. The van der Waals surface area contributed by atoms with E-state index < -0.39 is 12.1 Å². The summed E-state index contributed by atoms with van der Waals surface area (Å²) in [5, 5.41) is 23.2. The number of carbonyl (C=O) groups excluding carboxylic acids is 2. The van der Waals surface area contributed by atoms with E-state index in [-0.39, 0.29) is 18.5 Å². The van der Waals surface area contributed by atoms with Crippen molar-refractivity contribution in [2.45, 2.75) is 302 Å². The van der Waals surface area contributed by atoms with Crippen molar-refractivity contribution in [1.29, 1.82) is 0 Å². The Morgan fingerprint density at radius 1 is 0.431 bits per heavy atom. The standard InChI is InChI=1S/C59H109NO5/c1-3-5-7-9-11-13-15-17-19-21-23-24-27-31-35-39-43-47-51-57(62)56(55-61)60-58(63)52-48-44-40-36-32-28-26-30-34-38-42-46-50-54-65-59(64)53-49-45-41-37-33-29-25-22-20-18-16-14-12-10-8-6-4-2/h12,14,18,20,28,32,40,44,56-57,61-62H,3-11,13,15-17,19,21-27,29-31,33-39,41-43,45-55H2,1-2H3,(H,60,63)/b14-12-,20-18-,32-28-,44-40-. The second kappa shape index (κ2) is 54.4. The predicted molar refractivity (Wildman–Crippen MR) is 282 cm³/mol. The number of aliphatic hydroxyl groups is 2. The van der Waals surface area contributed by atoms with Crippen LogP contribution < -0.4 is 5.32 Å². The number of aliphatic hydroxyl groups excluding tert-OH is 2. The fourth-order valence-electron chi connectivity index (χ4n) is 8.48. The second-order valence-corrected chi connectivity index (χ2v) is 19.3. The molecule has 6 heteroatoms. The van der Waals surface area contributed by atoms with Gasteiger partial charge in [0.2, 0.25) is 5.91 Å². The zero-order chi connectivity index (χ0) is 47.2. The van der Waals surface area contributed by atoms with Crippen LogP contribution in [-0.4, -0.2) is 47.4 Å². The third-order valence-electron chi connectivity index (χ3n) is 12.9. The van der Waals surface area contributed by atoms with E-state index in [2.05, 4.69) is 61.7 Å². The summed E-state index contributed by atoms with van der Waals surface area (Å²) in [6, 6.07) is -0.587. The summed E-state index contributed by atoms with van der Waals surface area (Å²) in [6.45, 7) is 4.87. The topological polar surface area (TPSA) is 95.9 Å². The summed E-state index contributed by atoms with van der Waals surface area (Å²) in [7, 11) is 0. The molecule has 0 spiro atoms. The van der Waals surface area contributed by atoms with Crippen molar-refractivity contribution < 1.29 is 24.5 Å². The minimum absolute atomic E-state index is 0.0249. The molecule has 0 aromatic heterocycles. The Hall–Kier alpha value is -2.18. The van der Waals surface area contributed by atoms with Crippen molar-refractivity contribution in [1.82, 2.24) is 5.32 Å². The van der Waals surface area contributed by atoms with E-state index in [0.717, 1.165) is 57.8 Å². The van der Waals surface area contributed by atoms with Crippen LogP contribution in [0.2, 0.25) is 0 Å². The van der Waals surface area contributed by atoms with E-state index >= 15 is 0 Å². The average molecular weight is 913 g/mol. The van der Waals surface area contributed by atoms with Gasteiger partial charge in [-0.1, -0.05) is 249 Å². The zero-order valence-electron chi connectivity index (χ0n) is 43.2. The van der Waals surface area contributed by atoms with E-state index in [9.17, 15) is 19.8 Å². The summed E-state index contributed by atoms with van der Waals surface area (Å²) < 4.78 is 5.46. The first-order chi connectivity index (χ1) is 32.0. The molecule has 0 aliphatic heterocycles. The maximum absolute atomic E-state index is 12.4. The summed E-state index contributed by atoms with van der Waals surface area (Å²) >= 11 is 0. The highest BCUT2D eigenvalue weighted by molar-refractivity contribution is 5.76. The second-order valence-electron chi connectivity index (χ2n) is 19.3. The molecular formula is C59H109NO5. The molecule has 0 bridgehead atoms. The first kappa shape index (κ1) is 62.8. The van der Waals surface area contributed by atoms with Gasteiger partial charge in [-0.05, 0) is 77.0 Å². The van der Waals surface area contributed by atoms with Crippen molar-refractivity contribution >= 4 is 11.9 Å². The third kappa shape index (κ3) is 51.1. The Morgan fingerprint density at radius 3 is 1.23 bits per heavy atom. The van der Waals surface area contributed by atoms with E-state index in [1.165, 1.54) is 193 Å². The highest BCUT2D eigenvalue weighted by atomic mass is 16.5. The number of rotatable bonds is 52. The van der Waals surface area contributed by atoms with Gasteiger partial charge in [-0.3, -0.25) is 9.59 Å². The van der Waals surface area contributed by atoms with Crippen LogP contribution in [-0.2, 0) is 14.3 Å². The molecule has 0 rings (SSSR count). The Kier molecular flexibility index (Phi) is 52.6. The first-order valence-corrected chi connectivity index (χ1v) is 28.4. The van der Waals surface area contributed by atoms with Gasteiger partial charge in [0.1, 0.15) is 0 Å². The van der Waals surface area contributed by atoms with Crippen LogP contribution in [0, 0.1) is 0 Å². The SMILES string of the molecule is CCCCC/C=C\C/C=C\CCCCCCCCCC(=O)OCCCCCCCC/C=C\C/C=C\CCC(=O)NC(CO)C(O)CCCCCCCCCCCCCCCCCCCC. The number of esters is 1. The molecule has 6 nitrogen and oxygen atoms in total. The first-order valence-electron chi connectivity index (χ1n) is 28.4. The van der Waals surface area contributed by atoms with Crippen LogP contribution in [0.15, 0.2) is 48.6 Å². The maximum atomic E-state index is 12.4. The number of hydrogen-bond acceptors (Lipinski definition) is 5. The smallest absolute Gasteiger partial charge is 0.305 e. The van der Waals surface area contributed by atoms with Gasteiger partial charge in [-0.25, -0.2) is 0 Å². The predicted octanol–water partition coefficient (Wildman–Crippen LogP) is 17.4. The molecule has 1 amide bonds. The van der Waals surface area contributed by atoms with Crippen LogP contribution >= 0.6 is 0 Å². The Labute approximate surface area is 404 Å². The summed E-state index contributed by atoms with van der Waals surface area (Å²) in [4.78, 5) is 24.5. The molecule has 380 valence electrons. The fraction of sp³-hybridized carbons (Fsp3) is 0.831. The van der Waals surface area contributed by atoms with Crippen molar-refractivity contribution in [3.63, 3.8) is 0 Å². The number of allylic oxidation sites excluding steroid dienone is 8. The Morgan fingerprint density at radius 2 is 0.785 bits per heavy atom. The monoisotopic (exact) mass is 912 g/mol. The molecule has 2 unspecified atom stereocenters. The number of amides is 1. The van der Waals surface area contributed by atoms with Gasteiger partial charge in [0.25, 0.3) is 0 Å². The van der Waals surface area contributed by atoms with Crippen molar-refractivity contribution in [2.75, 3.05) is 13.2 Å². The van der Waals surface area contributed by atoms with Gasteiger partial charge in [0.05, 0.1) is 25.4 Å². The minimum atomic E-state index is -0.701. The number of carbonyl (C=O) groups is 2. The summed E-state index contributed by atoms with van der Waals surface area (Å²) in [5.74, 6) is -0.140. The molecule has 3 N–H and O–H groups in total. The van der Waals surface area contributed by atoms with Crippen molar-refractivity contribution in [2.24, 2.45) is 0 Å². The van der Waals surface area contributed by atoms with Gasteiger partial charge in [0.15, 0.2) is 0 Å². The van der Waals surface area contributed by atoms with Crippen LogP contribution in [0.5, 0.6) is 0 Å². The molecule has 0 radical (unpaired) electrons. The van der Waals surface area contributed by atoms with E-state index in [4.69, 9.17) is 4.74 Å². The number of unbranched alkanes of at least 4 members (excludes halogenated alkanes) is 33. The van der Waals surface area contributed by atoms with Crippen LogP contribution in [0.3, 0.4) is 0 Å². The van der Waals surface area contributed by atoms with Crippen molar-refractivity contribution in [3.8, 4) is 0 Å². The quantitative estimate of drug-likeness (QED) is 0.0321. The molecule has 0 aliphatic carbocycles. The Balaban J connectivity index is 3.55. The summed E-state index contributed by atoms with van der Waals surface area (Å²) in [6.07, 6.45) is 68.2. The lowest BCUT2D eigenvalue weighted by atomic mass is 10.0. The normalized spacial score (nSPS) is 13.0. The van der Waals surface area contributed by atoms with Gasteiger partial charge >= 0.3 is 5.97 Å². The molecule has 0 aromatic carbocycles. The maximum Gasteiger partial charge on any atom is 0.305 e. The molecule has 65 heavy (non-hydrogen) atoms. The van der Waals surface area contributed by atoms with Gasteiger partial charge in [0, 0.05) is 12.8 Å². The lowest BCUT2D eigenvalue weighted by Gasteiger charge is -2.22. The lowest BCUT2D eigenvalue weighted by molar-refractivity contribution is -0.143. The Bertz CT molecular complexity index is 1100. The highest BCUT2D eigenvalue weighted by Gasteiger charge is 2.19. The fourth-order valence-corrected chi connectivity index (χ4v) is 8.48. The molecule has 0 heterocycles. The van der Waals surface area contributed by atoms with E-state index in [1.54, 1.807) is 0 Å². The van der Waals surface area contributed by atoms with E-state index in [0.29, 0.717) is 32.3 Å². The van der Waals surface area contributed by atoms with Crippen LogP contribution in [0.4, 0.5) is 0 Å². The van der Waals surface area contributed by atoms with Crippen molar-refractivity contribution in [3.05, 3.63) is 48.6 Å². The molecule has 0 aromatic rings. The molecular weight excluding hydrogens is 803 g/mol.